The van der Waals surface area contributed by atoms with Crippen molar-refractivity contribution in [3.8, 4) is 0 Å². The average molecular weight is 187 g/mol. The number of hydrogen-bond acceptors (Lipinski definition) is 2. The molecule has 0 amide bonds. The Morgan fingerprint density at radius 2 is 2.10 bits per heavy atom. The van der Waals surface area contributed by atoms with Gasteiger partial charge in [-0.2, -0.15) is 0 Å². The molecule has 0 aromatic rings. The van der Waals surface area contributed by atoms with Crippen LogP contribution in [0.2, 0.25) is 0 Å². The van der Waals surface area contributed by atoms with Crippen LogP contribution in [-0.4, -0.2) is 19.6 Å². The largest absolute Gasteiger partial charge is 0.330 e. The van der Waals surface area contributed by atoms with Gasteiger partial charge in [0.25, 0.3) is 0 Å². The van der Waals surface area contributed by atoms with Gasteiger partial charge in [0.15, 0.2) is 0 Å². The maximum absolute atomic E-state index is 5.46. The van der Waals surface area contributed by atoms with E-state index in [1.54, 1.807) is 0 Å². The van der Waals surface area contributed by atoms with E-state index in [-0.39, 0.29) is 24.8 Å². The molecule has 1 fully saturated rings. The third kappa shape index (κ3) is 4.34. The van der Waals surface area contributed by atoms with E-state index in [4.69, 9.17) is 5.73 Å². The molecule has 0 aromatic heterocycles. The van der Waals surface area contributed by atoms with Crippen LogP contribution >= 0.6 is 24.8 Å². The van der Waals surface area contributed by atoms with Gasteiger partial charge in [0.1, 0.15) is 0 Å². The van der Waals surface area contributed by atoms with Crippen molar-refractivity contribution in [1.29, 1.82) is 0 Å². The van der Waals surface area contributed by atoms with Gasteiger partial charge >= 0.3 is 0 Å². The Hall–Kier alpha value is 0.500. The Balaban J connectivity index is 0. The quantitative estimate of drug-likeness (QED) is 0.636. The molecular formula is C6H16Cl2N2. The average Bonchev–Trinajstić information content (AvgIpc) is 1.90. The highest BCUT2D eigenvalue weighted by Gasteiger charge is 2.09. The van der Waals surface area contributed by atoms with Crippen LogP contribution in [0, 0.1) is 5.92 Å². The molecule has 1 saturated heterocycles. The zero-order valence-electron chi connectivity index (χ0n) is 6.01. The van der Waals surface area contributed by atoms with Gasteiger partial charge < -0.3 is 11.1 Å². The SMILES string of the molecule is Cl.Cl.NC[C@@H]1CCCNC1. The number of piperidine rings is 1. The number of halogens is 2. The molecule has 2 nitrogen and oxygen atoms in total. The van der Waals surface area contributed by atoms with Crippen molar-refractivity contribution in [2.24, 2.45) is 11.7 Å². The van der Waals surface area contributed by atoms with E-state index >= 15 is 0 Å². The highest BCUT2D eigenvalue weighted by molar-refractivity contribution is 5.85. The molecule has 1 aliphatic heterocycles. The summed E-state index contributed by atoms with van der Waals surface area (Å²) in [7, 11) is 0. The molecule has 3 N–H and O–H groups in total. The lowest BCUT2D eigenvalue weighted by Crippen LogP contribution is -2.33. The Kier molecular flexibility index (Phi) is 9.97. The smallest absolute Gasteiger partial charge is 0.000845 e. The van der Waals surface area contributed by atoms with Crippen molar-refractivity contribution in [2.45, 2.75) is 12.8 Å². The Morgan fingerprint density at radius 3 is 2.40 bits per heavy atom. The zero-order valence-corrected chi connectivity index (χ0v) is 7.64. The van der Waals surface area contributed by atoms with Gasteiger partial charge in [0.2, 0.25) is 0 Å². The van der Waals surface area contributed by atoms with E-state index in [9.17, 15) is 0 Å². The molecule has 0 radical (unpaired) electrons. The Morgan fingerprint density at radius 1 is 1.40 bits per heavy atom. The summed E-state index contributed by atoms with van der Waals surface area (Å²) in [4.78, 5) is 0. The molecule has 1 atom stereocenters. The maximum Gasteiger partial charge on any atom is -0.000845 e. The topological polar surface area (TPSA) is 38.0 Å². The highest BCUT2D eigenvalue weighted by Crippen LogP contribution is 2.06. The lowest BCUT2D eigenvalue weighted by atomic mass is 10.0. The Labute approximate surface area is 74.8 Å². The first-order chi connectivity index (χ1) is 3.93. The maximum atomic E-state index is 5.46. The van der Waals surface area contributed by atoms with Crippen LogP contribution in [0.15, 0.2) is 0 Å². The van der Waals surface area contributed by atoms with E-state index < -0.39 is 0 Å². The number of nitrogens with one attached hydrogen (secondary N) is 1. The molecule has 1 aliphatic rings. The summed E-state index contributed by atoms with van der Waals surface area (Å²) in [5.74, 6) is 0.753. The zero-order chi connectivity index (χ0) is 5.82. The third-order valence-electron chi connectivity index (χ3n) is 1.73. The van der Waals surface area contributed by atoms with E-state index in [1.165, 1.54) is 19.4 Å². The minimum Gasteiger partial charge on any atom is -0.330 e. The molecule has 4 heteroatoms. The lowest BCUT2D eigenvalue weighted by molar-refractivity contribution is 0.385. The van der Waals surface area contributed by atoms with Crippen LogP contribution < -0.4 is 11.1 Å². The molecular weight excluding hydrogens is 171 g/mol. The van der Waals surface area contributed by atoms with Crippen molar-refractivity contribution >= 4 is 24.8 Å². The normalized spacial score (nSPS) is 24.3. The first-order valence-electron chi connectivity index (χ1n) is 3.34. The summed E-state index contributed by atoms with van der Waals surface area (Å²) >= 11 is 0. The predicted octanol–water partition coefficient (Wildman–Crippen LogP) is 0.788. The summed E-state index contributed by atoms with van der Waals surface area (Å²) < 4.78 is 0. The fourth-order valence-corrected chi connectivity index (χ4v) is 1.13. The van der Waals surface area contributed by atoms with Gasteiger partial charge in [-0.1, -0.05) is 0 Å². The first-order valence-corrected chi connectivity index (χ1v) is 3.34. The summed E-state index contributed by atoms with van der Waals surface area (Å²) in [6, 6.07) is 0. The fourth-order valence-electron chi connectivity index (χ4n) is 1.13. The van der Waals surface area contributed by atoms with Crippen LogP contribution in [-0.2, 0) is 0 Å². The van der Waals surface area contributed by atoms with Gasteiger partial charge in [-0.3, -0.25) is 0 Å². The van der Waals surface area contributed by atoms with E-state index in [2.05, 4.69) is 5.32 Å². The van der Waals surface area contributed by atoms with Gasteiger partial charge in [-0.25, -0.2) is 0 Å². The number of hydrogen-bond donors (Lipinski definition) is 2. The third-order valence-corrected chi connectivity index (χ3v) is 1.73. The molecule has 0 bridgehead atoms. The van der Waals surface area contributed by atoms with E-state index in [0.717, 1.165) is 19.0 Å². The monoisotopic (exact) mass is 186 g/mol. The summed E-state index contributed by atoms with van der Waals surface area (Å²) in [5, 5.41) is 3.31. The molecule has 0 unspecified atom stereocenters. The highest BCUT2D eigenvalue weighted by atomic mass is 35.5. The lowest BCUT2D eigenvalue weighted by Gasteiger charge is -2.20. The number of nitrogens with two attached hydrogens (primary N) is 1. The van der Waals surface area contributed by atoms with Gasteiger partial charge in [-0.15, -0.1) is 24.8 Å². The second-order valence-corrected chi connectivity index (χ2v) is 2.45. The number of rotatable bonds is 1. The molecule has 10 heavy (non-hydrogen) atoms. The molecule has 0 aromatic carbocycles. The minimum atomic E-state index is 0. The first kappa shape index (κ1) is 13.1. The molecule has 1 rings (SSSR count). The van der Waals surface area contributed by atoms with Crippen LogP contribution in [0.3, 0.4) is 0 Å². The van der Waals surface area contributed by atoms with Gasteiger partial charge in [-0.05, 0) is 38.4 Å². The van der Waals surface area contributed by atoms with Crippen molar-refractivity contribution < 1.29 is 0 Å². The van der Waals surface area contributed by atoms with Crippen LogP contribution in [0.1, 0.15) is 12.8 Å². The van der Waals surface area contributed by atoms with Crippen LogP contribution in [0.25, 0.3) is 0 Å². The molecule has 0 saturated carbocycles. The molecule has 0 spiro atoms. The molecule has 1 heterocycles. The second-order valence-electron chi connectivity index (χ2n) is 2.45. The van der Waals surface area contributed by atoms with Crippen LogP contribution in [0.5, 0.6) is 0 Å². The van der Waals surface area contributed by atoms with E-state index in [1.807, 2.05) is 0 Å². The van der Waals surface area contributed by atoms with Crippen molar-refractivity contribution in [2.75, 3.05) is 19.6 Å². The molecule has 0 aliphatic carbocycles. The van der Waals surface area contributed by atoms with E-state index in [0.29, 0.717) is 0 Å². The summed E-state index contributed by atoms with van der Waals surface area (Å²) in [5.41, 5.74) is 5.46. The van der Waals surface area contributed by atoms with Crippen molar-refractivity contribution in [3.63, 3.8) is 0 Å². The van der Waals surface area contributed by atoms with Gasteiger partial charge in [0, 0.05) is 0 Å². The van der Waals surface area contributed by atoms with Gasteiger partial charge in [0.05, 0.1) is 0 Å². The molecule has 64 valence electrons. The van der Waals surface area contributed by atoms with Crippen LogP contribution in [0.4, 0.5) is 0 Å². The predicted molar refractivity (Wildman–Crippen MR) is 49.1 cm³/mol. The fraction of sp³-hybridized carbons (Fsp3) is 1.00. The minimum absolute atomic E-state index is 0. The van der Waals surface area contributed by atoms with Crippen molar-refractivity contribution in [3.05, 3.63) is 0 Å². The second kappa shape index (κ2) is 7.61. The Bertz CT molecular complexity index is 64.8. The summed E-state index contributed by atoms with van der Waals surface area (Å²) in [6.45, 7) is 3.18. The summed E-state index contributed by atoms with van der Waals surface area (Å²) in [6.07, 6.45) is 2.63. The standard InChI is InChI=1S/C6H14N2.2ClH/c7-4-6-2-1-3-8-5-6;;/h6,8H,1-5,7H2;2*1H/t6-;;/m0../s1. The van der Waals surface area contributed by atoms with Crippen molar-refractivity contribution in [1.82, 2.24) is 5.32 Å².